The van der Waals surface area contributed by atoms with Crippen LogP contribution in [0.15, 0.2) is 29.6 Å². The molecule has 9 heteroatoms. The van der Waals surface area contributed by atoms with Gasteiger partial charge in [0.2, 0.25) is 11.8 Å². The van der Waals surface area contributed by atoms with Gasteiger partial charge in [-0.1, -0.05) is 13.0 Å². The monoisotopic (exact) mass is 435 g/mol. The maximum absolute atomic E-state index is 12.4. The van der Waals surface area contributed by atoms with Crippen LogP contribution in [0.1, 0.15) is 17.4 Å². The lowest BCUT2D eigenvalue weighted by Crippen LogP contribution is -2.42. The molecule has 2 amide bonds. The molecule has 0 bridgehead atoms. The number of amides is 2. The molecule has 0 saturated heterocycles. The molecule has 0 aliphatic carbocycles. The number of hydrogen-bond donors (Lipinski definition) is 2. The maximum atomic E-state index is 12.4. The lowest BCUT2D eigenvalue weighted by molar-refractivity contribution is -0.125. The Balaban J connectivity index is 1.87. The second-order valence-corrected chi connectivity index (χ2v) is 7.49. The van der Waals surface area contributed by atoms with Gasteiger partial charge < -0.3 is 24.8 Å². The van der Waals surface area contributed by atoms with Crippen LogP contribution < -0.4 is 24.8 Å². The van der Waals surface area contributed by atoms with Gasteiger partial charge in [-0.05, 0) is 24.1 Å². The summed E-state index contributed by atoms with van der Waals surface area (Å²) in [6, 6.07) is 7.41. The average molecular weight is 436 g/mol. The van der Waals surface area contributed by atoms with E-state index in [2.05, 4.69) is 10.6 Å². The molecule has 0 unspecified atom stereocenters. The highest BCUT2D eigenvalue weighted by Gasteiger charge is 2.15. The Hall–Kier alpha value is -2.78. The maximum Gasteiger partial charge on any atom is 0.234 e. The zero-order valence-corrected chi connectivity index (χ0v) is 18.6. The SMILES string of the molecule is CCN(CC(=O)NCc1cccs1)CC(=O)NCc1cc(OC)c(OC)cc1OC. The van der Waals surface area contributed by atoms with Crippen LogP contribution in [0.3, 0.4) is 0 Å². The summed E-state index contributed by atoms with van der Waals surface area (Å²) in [7, 11) is 4.66. The predicted molar refractivity (Wildman–Crippen MR) is 116 cm³/mol. The molecule has 2 N–H and O–H groups in total. The third-order valence-corrected chi connectivity index (χ3v) is 5.36. The highest BCUT2D eigenvalue weighted by molar-refractivity contribution is 7.09. The Morgan fingerprint density at radius 3 is 2.07 bits per heavy atom. The van der Waals surface area contributed by atoms with E-state index in [1.54, 1.807) is 49.7 Å². The fourth-order valence-electron chi connectivity index (χ4n) is 2.82. The number of nitrogens with one attached hydrogen (secondary N) is 2. The minimum Gasteiger partial charge on any atom is -0.496 e. The first-order chi connectivity index (χ1) is 14.5. The number of methoxy groups -OCH3 is 3. The number of thiophene rings is 1. The van der Waals surface area contributed by atoms with Gasteiger partial charge in [0.1, 0.15) is 5.75 Å². The van der Waals surface area contributed by atoms with E-state index < -0.39 is 0 Å². The van der Waals surface area contributed by atoms with Crippen molar-refractivity contribution in [1.29, 1.82) is 0 Å². The number of carbonyl (C=O) groups is 2. The van der Waals surface area contributed by atoms with E-state index >= 15 is 0 Å². The van der Waals surface area contributed by atoms with Crippen LogP contribution in [0.25, 0.3) is 0 Å². The largest absolute Gasteiger partial charge is 0.496 e. The van der Waals surface area contributed by atoms with Gasteiger partial charge >= 0.3 is 0 Å². The van der Waals surface area contributed by atoms with Gasteiger partial charge in [-0.25, -0.2) is 0 Å². The molecular weight excluding hydrogens is 406 g/mol. The molecule has 0 radical (unpaired) electrons. The van der Waals surface area contributed by atoms with Crippen molar-refractivity contribution in [2.45, 2.75) is 20.0 Å². The Morgan fingerprint density at radius 1 is 0.933 bits per heavy atom. The van der Waals surface area contributed by atoms with Crippen molar-refractivity contribution < 1.29 is 23.8 Å². The van der Waals surface area contributed by atoms with Crippen molar-refractivity contribution in [3.63, 3.8) is 0 Å². The van der Waals surface area contributed by atoms with E-state index in [1.807, 2.05) is 24.4 Å². The number of ether oxygens (including phenoxy) is 3. The molecule has 0 atom stereocenters. The molecule has 164 valence electrons. The highest BCUT2D eigenvalue weighted by Crippen LogP contribution is 2.34. The van der Waals surface area contributed by atoms with E-state index in [0.717, 1.165) is 10.4 Å². The summed E-state index contributed by atoms with van der Waals surface area (Å²) in [4.78, 5) is 27.4. The van der Waals surface area contributed by atoms with Crippen LogP contribution in [-0.2, 0) is 22.7 Å². The summed E-state index contributed by atoms with van der Waals surface area (Å²) in [5.41, 5.74) is 0.764. The zero-order valence-electron chi connectivity index (χ0n) is 17.8. The van der Waals surface area contributed by atoms with Crippen molar-refractivity contribution in [3.05, 3.63) is 40.1 Å². The summed E-state index contributed by atoms with van der Waals surface area (Å²) < 4.78 is 16.0. The van der Waals surface area contributed by atoms with Crippen LogP contribution in [0, 0.1) is 0 Å². The molecule has 0 saturated carbocycles. The molecule has 1 aromatic heterocycles. The molecule has 2 rings (SSSR count). The van der Waals surface area contributed by atoms with Gasteiger partial charge in [0.05, 0.1) is 41.0 Å². The van der Waals surface area contributed by atoms with E-state index in [9.17, 15) is 9.59 Å². The van der Waals surface area contributed by atoms with Crippen LogP contribution in [0.5, 0.6) is 17.2 Å². The average Bonchev–Trinajstić information content (AvgIpc) is 3.28. The molecule has 8 nitrogen and oxygen atoms in total. The van der Waals surface area contributed by atoms with E-state index in [4.69, 9.17) is 14.2 Å². The molecule has 0 spiro atoms. The normalized spacial score (nSPS) is 10.6. The number of hydrogen-bond acceptors (Lipinski definition) is 7. The van der Waals surface area contributed by atoms with Gasteiger partial charge in [0.25, 0.3) is 0 Å². The van der Waals surface area contributed by atoms with Crippen LogP contribution >= 0.6 is 11.3 Å². The van der Waals surface area contributed by atoms with E-state index in [-0.39, 0.29) is 31.4 Å². The van der Waals surface area contributed by atoms with Crippen LogP contribution in [-0.4, -0.2) is 57.7 Å². The predicted octanol–water partition coefficient (Wildman–Crippen LogP) is 2.03. The third-order valence-electron chi connectivity index (χ3n) is 4.48. The lowest BCUT2D eigenvalue weighted by Gasteiger charge is -2.20. The Bertz CT molecular complexity index is 826. The first-order valence-electron chi connectivity index (χ1n) is 9.57. The van der Waals surface area contributed by atoms with Gasteiger partial charge in [-0.2, -0.15) is 0 Å². The number of benzene rings is 1. The smallest absolute Gasteiger partial charge is 0.234 e. The first kappa shape index (κ1) is 23.5. The minimum atomic E-state index is -0.181. The van der Waals surface area contributed by atoms with Gasteiger partial charge in [0.15, 0.2) is 11.5 Å². The summed E-state index contributed by atoms with van der Waals surface area (Å²) in [6.07, 6.45) is 0. The number of carbonyl (C=O) groups excluding carboxylic acids is 2. The van der Waals surface area contributed by atoms with Crippen molar-refractivity contribution in [2.75, 3.05) is 41.0 Å². The minimum absolute atomic E-state index is 0.111. The quantitative estimate of drug-likeness (QED) is 0.530. The Labute approximate surface area is 181 Å². The molecule has 2 aromatic rings. The lowest BCUT2D eigenvalue weighted by atomic mass is 10.1. The second kappa shape index (κ2) is 12.0. The van der Waals surface area contributed by atoms with Crippen molar-refractivity contribution >= 4 is 23.2 Å². The summed E-state index contributed by atoms with van der Waals surface area (Å²) >= 11 is 1.59. The van der Waals surface area contributed by atoms with Crippen LogP contribution in [0.4, 0.5) is 0 Å². The summed E-state index contributed by atoms with van der Waals surface area (Å²) in [5.74, 6) is 1.41. The molecule has 0 aliphatic heterocycles. The third kappa shape index (κ3) is 6.93. The number of rotatable bonds is 12. The number of likely N-dealkylation sites (N-methyl/N-ethyl adjacent to an activating group) is 1. The van der Waals surface area contributed by atoms with Gasteiger partial charge in [-0.3, -0.25) is 14.5 Å². The molecule has 30 heavy (non-hydrogen) atoms. The second-order valence-electron chi connectivity index (χ2n) is 6.46. The molecule has 0 fully saturated rings. The van der Waals surface area contributed by atoms with E-state index in [1.165, 1.54) is 0 Å². The Kier molecular flexibility index (Phi) is 9.43. The first-order valence-corrected chi connectivity index (χ1v) is 10.5. The molecule has 0 aliphatic rings. The zero-order chi connectivity index (χ0) is 21.9. The Morgan fingerprint density at radius 2 is 1.53 bits per heavy atom. The van der Waals surface area contributed by atoms with Crippen molar-refractivity contribution in [2.24, 2.45) is 0 Å². The van der Waals surface area contributed by atoms with Gasteiger partial charge in [0, 0.05) is 23.1 Å². The summed E-state index contributed by atoms with van der Waals surface area (Å²) in [6.45, 7) is 3.55. The standard InChI is InChI=1S/C21H29N3O5S/c1-5-24(14-21(26)23-12-16-7-6-8-30-16)13-20(25)22-11-15-9-18(28-3)19(29-4)10-17(15)27-2/h6-10H,5,11-14H2,1-4H3,(H,22,25)(H,23,26). The molecule has 1 aromatic carbocycles. The van der Waals surface area contributed by atoms with Gasteiger partial charge in [-0.15, -0.1) is 11.3 Å². The number of nitrogens with zero attached hydrogens (tertiary/aromatic N) is 1. The fraction of sp³-hybridized carbons (Fsp3) is 0.429. The highest BCUT2D eigenvalue weighted by atomic mass is 32.1. The topological polar surface area (TPSA) is 89.1 Å². The fourth-order valence-corrected chi connectivity index (χ4v) is 3.47. The summed E-state index contributed by atoms with van der Waals surface area (Å²) in [5, 5.41) is 7.71. The van der Waals surface area contributed by atoms with Crippen molar-refractivity contribution in [3.8, 4) is 17.2 Å². The molecule has 1 heterocycles. The van der Waals surface area contributed by atoms with Crippen LogP contribution in [0.2, 0.25) is 0 Å². The van der Waals surface area contributed by atoms with Crippen molar-refractivity contribution in [1.82, 2.24) is 15.5 Å². The van der Waals surface area contributed by atoms with E-state index in [0.29, 0.717) is 30.3 Å². The molecular formula is C21H29N3O5S.